The van der Waals surface area contributed by atoms with E-state index in [2.05, 4.69) is 4.72 Å². The Balaban J connectivity index is 2.06. The monoisotopic (exact) mass is 275 g/mol. The van der Waals surface area contributed by atoms with E-state index in [1.807, 2.05) is 67.6 Å². The first kappa shape index (κ1) is 13.8. The van der Waals surface area contributed by atoms with Gasteiger partial charge in [-0.15, -0.1) is 0 Å². The van der Waals surface area contributed by atoms with Gasteiger partial charge >= 0.3 is 0 Å². The molecule has 2 aromatic carbocycles. The first-order valence-electron chi connectivity index (χ1n) is 6.16. The Morgan fingerprint density at radius 3 is 2.05 bits per heavy atom. The number of rotatable bonds is 5. The zero-order valence-electron chi connectivity index (χ0n) is 10.8. The summed E-state index contributed by atoms with van der Waals surface area (Å²) in [4.78, 5) is 0. The standard InChI is InChI=1S/C15H17NO2S/c1-13(15-10-6-3-7-11-15)16-19(17,18)12-14-8-4-2-5-9-14/h2-11,13,16H,12H2,1H3. The molecule has 1 unspecified atom stereocenters. The Bertz CT molecular complexity index is 609. The molecule has 100 valence electrons. The summed E-state index contributed by atoms with van der Waals surface area (Å²) in [6.07, 6.45) is 0. The third-order valence-corrected chi connectivity index (χ3v) is 4.28. The summed E-state index contributed by atoms with van der Waals surface area (Å²) in [6, 6.07) is 18.5. The summed E-state index contributed by atoms with van der Waals surface area (Å²) in [5.74, 6) is 0.00497. The summed E-state index contributed by atoms with van der Waals surface area (Å²) >= 11 is 0. The Morgan fingerprint density at radius 1 is 0.947 bits per heavy atom. The average Bonchev–Trinajstić information content (AvgIpc) is 2.39. The molecule has 0 spiro atoms. The van der Waals surface area contributed by atoms with E-state index in [0.29, 0.717) is 0 Å². The van der Waals surface area contributed by atoms with Gasteiger partial charge in [-0.05, 0) is 18.1 Å². The molecule has 3 nitrogen and oxygen atoms in total. The minimum absolute atomic E-state index is 0.00497. The van der Waals surface area contributed by atoms with Crippen LogP contribution in [0, 0.1) is 0 Å². The molecule has 0 saturated heterocycles. The van der Waals surface area contributed by atoms with Crippen LogP contribution in [0.2, 0.25) is 0 Å². The molecular weight excluding hydrogens is 258 g/mol. The highest BCUT2D eigenvalue weighted by Crippen LogP contribution is 2.14. The highest BCUT2D eigenvalue weighted by atomic mass is 32.2. The molecule has 19 heavy (non-hydrogen) atoms. The van der Waals surface area contributed by atoms with Crippen molar-refractivity contribution in [3.05, 3.63) is 71.8 Å². The Kier molecular flexibility index (Phi) is 4.35. The fourth-order valence-electron chi connectivity index (χ4n) is 1.91. The highest BCUT2D eigenvalue weighted by molar-refractivity contribution is 7.88. The number of hydrogen-bond donors (Lipinski definition) is 1. The molecule has 0 amide bonds. The predicted octanol–water partition coefficient (Wildman–Crippen LogP) is 2.87. The maximum Gasteiger partial charge on any atom is 0.216 e. The van der Waals surface area contributed by atoms with Crippen molar-refractivity contribution >= 4 is 10.0 Å². The molecule has 2 rings (SSSR count). The van der Waals surface area contributed by atoms with Crippen molar-refractivity contribution in [2.75, 3.05) is 0 Å². The van der Waals surface area contributed by atoms with E-state index in [4.69, 9.17) is 0 Å². The van der Waals surface area contributed by atoms with E-state index in [1.54, 1.807) is 0 Å². The molecule has 0 heterocycles. The molecular formula is C15H17NO2S. The van der Waals surface area contributed by atoms with Crippen molar-refractivity contribution in [3.8, 4) is 0 Å². The van der Waals surface area contributed by atoms with Gasteiger partial charge in [-0.1, -0.05) is 60.7 Å². The van der Waals surface area contributed by atoms with Crippen LogP contribution in [0.5, 0.6) is 0 Å². The maximum atomic E-state index is 12.1. The topological polar surface area (TPSA) is 46.2 Å². The van der Waals surface area contributed by atoms with Gasteiger partial charge in [0.15, 0.2) is 0 Å². The van der Waals surface area contributed by atoms with E-state index in [0.717, 1.165) is 11.1 Å². The molecule has 0 radical (unpaired) electrons. The Labute approximate surface area is 114 Å². The van der Waals surface area contributed by atoms with E-state index >= 15 is 0 Å². The lowest BCUT2D eigenvalue weighted by atomic mass is 10.1. The minimum atomic E-state index is -3.33. The maximum absolute atomic E-state index is 12.1. The van der Waals surface area contributed by atoms with Crippen LogP contribution in [0.15, 0.2) is 60.7 Å². The van der Waals surface area contributed by atoms with Crippen LogP contribution in [0.1, 0.15) is 24.1 Å². The van der Waals surface area contributed by atoms with Gasteiger partial charge in [-0.25, -0.2) is 13.1 Å². The SMILES string of the molecule is CC(NS(=O)(=O)Cc1ccccc1)c1ccccc1. The summed E-state index contributed by atoms with van der Waals surface area (Å²) < 4.78 is 26.8. The van der Waals surface area contributed by atoms with Crippen LogP contribution in [-0.4, -0.2) is 8.42 Å². The molecule has 2 aromatic rings. The molecule has 0 fully saturated rings. The van der Waals surface area contributed by atoms with Crippen LogP contribution in [0.4, 0.5) is 0 Å². The highest BCUT2D eigenvalue weighted by Gasteiger charge is 2.16. The smallest absolute Gasteiger partial charge is 0.212 e. The van der Waals surface area contributed by atoms with Gasteiger partial charge < -0.3 is 0 Å². The lowest BCUT2D eigenvalue weighted by molar-refractivity contribution is 0.566. The molecule has 0 aliphatic heterocycles. The number of nitrogens with one attached hydrogen (secondary N) is 1. The zero-order valence-corrected chi connectivity index (χ0v) is 11.6. The fraction of sp³-hybridized carbons (Fsp3) is 0.200. The normalized spacial score (nSPS) is 13.1. The summed E-state index contributed by atoms with van der Waals surface area (Å²) in [5.41, 5.74) is 1.74. The van der Waals surface area contributed by atoms with Gasteiger partial charge in [0.05, 0.1) is 5.75 Å². The van der Waals surface area contributed by atoms with Crippen molar-refractivity contribution in [1.29, 1.82) is 0 Å². The Morgan fingerprint density at radius 2 is 1.47 bits per heavy atom. The number of benzene rings is 2. The molecule has 0 aliphatic rings. The Hall–Kier alpha value is -1.65. The second kappa shape index (κ2) is 5.99. The van der Waals surface area contributed by atoms with E-state index < -0.39 is 10.0 Å². The van der Waals surface area contributed by atoms with Crippen LogP contribution >= 0.6 is 0 Å². The zero-order chi connectivity index (χ0) is 13.7. The molecule has 1 atom stereocenters. The van der Waals surface area contributed by atoms with Crippen LogP contribution < -0.4 is 4.72 Å². The van der Waals surface area contributed by atoms with Crippen LogP contribution in [0.25, 0.3) is 0 Å². The van der Waals surface area contributed by atoms with Crippen molar-refractivity contribution in [2.45, 2.75) is 18.7 Å². The third-order valence-electron chi connectivity index (χ3n) is 2.86. The predicted molar refractivity (Wildman–Crippen MR) is 77.1 cm³/mol. The van der Waals surface area contributed by atoms with Crippen molar-refractivity contribution in [3.63, 3.8) is 0 Å². The van der Waals surface area contributed by atoms with Gasteiger partial charge in [0.2, 0.25) is 10.0 Å². The molecule has 0 bridgehead atoms. The lowest BCUT2D eigenvalue weighted by Crippen LogP contribution is -2.28. The summed E-state index contributed by atoms with van der Waals surface area (Å²) in [5, 5.41) is 0. The van der Waals surface area contributed by atoms with Gasteiger partial charge in [0, 0.05) is 6.04 Å². The lowest BCUT2D eigenvalue weighted by Gasteiger charge is -2.14. The third kappa shape index (κ3) is 4.19. The van der Waals surface area contributed by atoms with Gasteiger partial charge in [0.25, 0.3) is 0 Å². The van der Waals surface area contributed by atoms with Crippen molar-refractivity contribution < 1.29 is 8.42 Å². The van der Waals surface area contributed by atoms with E-state index in [-0.39, 0.29) is 11.8 Å². The molecule has 4 heteroatoms. The molecule has 0 saturated carbocycles. The van der Waals surface area contributed by atoms with Crippen LogP contribution in [-0.2, 0) is 15.8 Å². The number of hydrogen-bond acceptors (Lipinski definition) is 2. The summed E-state index contributed by atoms with van der Waals surface area (Å²) in [6.45, 7) is 1.85. The quantitative estimate of drug-likeness (QED) is 0.912. The average molecular weight is 275 g/mol. The van der Waals surface area contributed by atoms with Gasteiger partial charge in [-0.2, -0.15) is 0 Å². The van der Waals surface area contributed by atoms with E-state index in [1.165, 1.54) is 0 Å². The molecule has 0 aliphatic carbocycles. The van der Waals surface area contributed by atoms with Crippen molar-refractivity contribution in [2.24, 2.45) is 0 Å². The summed E-state index contributed by atoms with van der Waals surface area (Å²) in [7, 11) is -3.33. The minimum Gasteiger partial charge on any atom is -0.212 e. The second-order valence-corrected chi connectivity index (χ2v) is 6.25. The van der Waals surface area contributed by atoms with Gasteiger partial charge in [-0.3, -0.25) is 0 Å². The first-order valence-corrected chi connectivity index (χ1v) is 7.81. The van der Waals surface area contributed by atoms with E-state index in [9.17, 15) is 8.42 Å². The molecule has 0 aromatic heterocycles. The molecule has 1 N–H and O–H groups in total. The van der Waals surface area contributed by atoms with Crippen molar-refractivity contribution in [1.82, 2.24) is 4.72 Å². The van der Waals surface area contributed by atoms with Crippen LogP contribution in [0.3, 0.4) is 0 Å². The van der Waals surface area contributed by atoms with Gasteiger partial charge in [0.1, 0.15) is 0 Å². The largest absolute Gasteiger partial charge is 0.216 e. The fourth-order valence-corrected chi connectivity index (χ4v) is 3.30. The second-order valence-electron chi connectivity index (χ2n) is 4.49. The number of sulfonamides is 1. The first-order chi connectivity index (χ1) is 9.07.